The Kier molecular flexibility index (Phi) is 3.25. The molecule has 0 aromatic carbocycles. The van der Waals surface area contributed by atoms with E-state index in [0.717, 1.165) is 12.1 Å². The van der Waals surface area contributed by atoms with Crippen LogP contribution in [0.5, 0.6) is 0 Å². The van der Waals surface area contributed by atoms with Crippen LogP contribution in [-0.4, -0.2) is 22.9 Å². The normalized spacial score (nSPS) is 10.6. The number of ether oxygens (including phenoxy) is 1. The molecule has 0 fully saturated rings. The second kappa shape index (κ2) is 4.45. The summed E-state index contributed by atoms with van der Waals surface area (Å²) in [7, 11) is 1.35. The van der Waals surface area contributed by atoms with Gasteiger partial charge in [-0.25, -0.2) is 4.79 Å². The Morgan fingerprint density at radius 1 is 1.77 bits per heavy atom. The topological polar surface area (TPSA) is 44.1 Å². The maximum Gasteiger partial charge on any atom is 0.330 e. The minimum Gasteiger partial charge on any atom is -0.466 e. The Morgan fingerprint density at radius 3 is 3.08 bits per heavy atom. The van der Waals surface area contributed by atoms with Crippen LogP contribution in [0.2, 0.25) is 0 Å². The average molecular weight is 180 g/mol. The number of carbonyl (C=O) groups excluding carboxylic acids is 1. The lowest BCUT2D eigenvalue weighted by molar-refractivity contribution is -0.134. The van der Waals surface area contributed by atoms with E-state index in [1.54, 1.807) is 17.0 Å². The summed E-state index contributed by atoms with van der Waals surface area (Å²) in [4.78, 5) is 10.7. The van der Waals surface area contributed by atoms with Crippen LogP contribution in [0.3, 0.4) is 0 Å². The Bertz CT molecular complexity index is 315. The average Bonchev–Trinajstić information content (AvgIpc) is 2.61. The lowest BCUT2D eigenvalue weighted by atomic mass is 10.3. The SMILES string of the molecule is CCn1cc(C=CC(=O)OC)cn1. The first-order valence-corrected chi connectivity index (χ1v) is 4.04. The number of carbonyl (C=O) groups is 1. The van der Waals surface area contributed by atoms with Gasteiger partial charge >= 0.3 is 5.97 Å². The van der Waals surface area contributed by atoms with E-state index < -0.39 is 0 Å². The quantitative estimate of drug-likeness (QED) is 0.516. The molecular formula is C9H12N2O2. The largest absolute Gasteiger partial charge is 0.466 e. The zero-order valence-electron chi connectivity index (χ0n) is 7.73. The summed E-state index contributed by atoms with van der Waals surface area (Å²) in [6, 6.07) is 0. The molecule has 0 N–H and O–H groups in total. The third-order valence-electron chi connectivity index (χ3n) is 1.59. The molecule has 0 bridgehead atoms. The number of hydrogen-bond acceptors (Lipinski definition) is 3. The molecule has 0 aliphatic carbocycles. The predicted molar refractivity (Wildman–Crippen MR) is 49.0 cm³/mol. The number of methoxy groups -OCH3 is 1. The summed E-state index contributed by atoms with van der Waals surface area (Å²) in [5.41, 5.74) is 0.896. The van der Waals surface area contributed by atoms with Crippen LogP contribution in [-0.2, 0) is 16.1 Å². The van der Waals surface area contributed by atoms with Crippen LogP contribution >= 0.6 is 0 Å². The fourth-order valence-electron chi connectivity index (χ4n) is 0.871. The van der Waals surface area contributed by atoms with Crippen molar-refractivity contribution in [3.8, 4) is 0 Å². The summed E-state index contributed by atoms with van der Waals surface area (Å²) in [5, 5.41) is 4.05. The molecule has 1 aromatic heterocycles. The molecule has 0 radical (unpaired) electrons. The molecule has 4 heteroatoms. The van der Waals surface area contributed by atoms with Gasteiger partial charge in [0, 0.05) is 24.4 Å². The lowest BCUT2D eigenvalue weighted by Crippen LogP contribution is -1.93. The molecule has 0 saturated heterocycles. The second-order valence-electron chi connectivity index (χ2n) is 2.49. The maximum absolute atomic E-state index is 10.7. The minimum absolute atomic E-state index is 0.357. The molecule has 0 aliphatic heterocycles. The molecule has 1 aromatic rings. The fraction of sp³-hybridized carbons (Fsp3) is 0.333. The monoisotopic (exact) mass is 180 g/mol. The van der Waals surface area contributed by atoms with E-state index >= 15 is 0 Å². The molecule has 0 atom stereocenters. The molecule has 0 amide bonds. The highest BCUT2D eigenvalue weighted by molar-refractivity contribution is 5.86. The van der Waals surface area contributed by atoms with Crippen molar-refractivity contribution in [3.63, 3.8) is 0 Å². The summed E-state index contributed by atoms with van der Waals surface area (Å²) < 4.78 is 6.24. The summed E-state index contributed by atoms with van der Waals surface area (Å²) in [6.07, 6.45) is 6.60. The Hall–Kier alpha value is -1.58. The van der Waals surface area contributed by atoms with Crippen LogP contribution in [0, 0.1) is 0 Å². The van der Waals surface area contributed by atoms with Crippen molar-refractivity contribution >= 4 is 12.0 Å². The van der Waals surface area contributed by atoms with E-state index in [1.165, 1.54) is 13.2 Å². The first-order valence-electron chi connectivity index (χ1n) is 4.04. The van der Waals surface area contributed by atoms with Crippen LogP contribution in [0.15, 0.2) is 18.5 Å². The number of aromatic nitrogens is 2. The van der Waals surface area contributed by atoms with Gasteiger partial charge in [-0.15, -0.1) is 0 Å². The molecule has 1 rings (SSSR count). The highest BCUT2D eigenvalue weighted by Gasteiger charge is 1.94. The predicted octanol–water partition coefficient (Wildman–Crippen LogP) is 1.09. The van der Waals surface area contributed by atoms with Gasteiger partial charge in [-0.1, -0.05) is 0 Å². The van der Waals surface area contributed by atoms with E-state index in [9.17, 15) is 4.79 Å². The molecule has 0 spiro atoms. The maximum atomic E-state index is 10.7. The van der Waals surface area contributed by atoms with Gasteiger partial charge < -0.3 is 4.74 Å². The molecule has 0 saturated carbocycles. The lowest BCUT2D eigenvalue weighted by Gasteiger charge is -1.89. The number of esters is 1. The van der Waals surface area contributed by atoms with Gasteiger partial charge in [0.1, 0.15) is 0 Å². The number of rotatable bonds is 3. The molecule has 13 heavy (non-hydrogen) atoms. The minimum atomic E-state index is -0.357. The molecular weight excluding hydrogens is 168 g/mol. The van der Waals surface area contributed by atoms with Crippen molar-refractivity contribution in [2.75, 3.05) is 7.11 Å². The fourth-order valence-corrected chi connectivity index (χ4v) is 0.871. The molecule has 1 heterocycles. The molecule has 0 aliphatic rings. The zero-order valence-corrected chi connectivity index (χ0v) is 7.73. The Balaban J connectivity index is 2.63. The van der Waals surface area contributed by atoms with Crippen molar-refractivity contribution < 1.29 is 9.53 Å². The molecule has 4 nitrogen and oxygen atoms in total. The molecule has 70 valence electrons. The van der Waals surface area contributed by atoms with Crippen molar-refractivity contribution in [2.45, 2.75) is 13.5 Å². The second-order valence-corrected chi connectivity index (χ2v) is 2.49. The van der Waals surface area contributed by atoms with Gasteiger partial charge in [-0.2, -0.15) is 5.10 Å². The van der Waals surface area contributed by atoms with Crippen molar-refractivity contribution in [1.29, 1.82) is 0 Å². The van der Waals surface area contributed by atoms with Gasteiger partial charge in [0.25, 0.3) is 0 Å². The highest BCUT2D eigenvalue weighted by Crippen LogP contribution is 2.00. The van der Waals surface area contributed by atoms with Crippen molar-refractivity contribution in [2.24, 2.45) is 0 Å². The van der Waals surface area contributed by atoms with Crippen molar-refractivity contribution in [1.82, 2.24) is 9.78 Å². The Labute approximate surface area is 76.8 Å². The van der Waals surface area contributed by atoms with Gasteiger partial charge in [-0.3, -0.25) is 4.68 Å². The Morgan fingerprint density at radius 2 is 2.54 bits per heavy atom. The van der Waals surface area contributed by atoms with Gasteiger partial charge in [0.2, 0.25) is 0 Å². The first-order chi connectivity index (χ1) is 6.26. The van der Waals surface area contributed by atoms with Gasteiger partial charge in [0.05, 0.1) is 13.3 Å². The summed E-state index contributed by atoms with van der Waals surface area (Å²) >= 11 is 0. The number of aryl methyl sites for hydroxylation is 1. The number of hydrogen-bond donors (Lipinski definition) is 0. The van der Waals surface area contributed by atoms with E-state index in [0.29, 0.717) is 0 Å². The summed E-state index contributed by atoms with van der Waals surface area (Å²) in [6.45, 7) is 2.83. The van der Waals surface area contributed by atoms with E-state index in [4.69, 9.17) is 0 Å². The van der Waals surface area contributed by atoms with Crippen molar-refractivity contribution in [3.05, 3.63) is 24.0 Å². The van der Waals surface area contributed by atoms with Crippen LogP contribution in [0.25, 0.3) is 6.08 Å². The van der Waals surface area contributed by atoms with E-state index in [2.05, 4.69) is 9.84 Å². The van der Waals surface area contributed by atoms with Crippen LogP contribution in [0.1, 0.15) is 12.5 Å². The van der Waals surface area contributed by atoms with E-state index in [-0.39, 0.29) is 5.97 Å². The highest BCUT2D eigenvalue weighted by atomic mass is 16.5. The standard InChI is InChI=1S/C9H12N2O2/c1-3-11-7-8(6-10-11)4-5-9(12)13-2/h4-7H,3H2,1-2H3. The number of nitrogens with zero attached hydrogens (tertiary/aromatic N) is 2. The van der Waals surface area contributed by atoms with Crippen LogP contribution in [0.4, 0.5) is 0 Å². The third kappa shape index (κ3) is 2.74. The smallest absolute Gasteiger partial charge is 0.330 e. The first kappa shape index (κ1) is 9.51. The van der Waals surface area contributed by atoms with Gasteiger partial charge in [-0.05, 0) is 13.0 Å². The zero-order chi connectivity index (χ0) is 9.68. The molecule has 0 unspecified atom stereocenters. The van der Waals surface area contributed by atoms with E-state index in [1.807, 2.05) is 13.1 Å². The summed E-state index contributed by atoms with van der Waals surface area (Å²) in [5.74, 6) is -0.357. The van der Waals surface area contributed by atoms with Crippen LogP contribution < -0.4 is 0 Å². The van der Waals surface area contributed by atoms with Gasteiger partial charge in [0.15, 0.2) is 0 Å². The third-order valence-corrected chi connectivity index (χ3v) is 1.59.